The minimum atomic E-state index is -0.602. The molecule has 0 aliphatic heterocycles. The molecule has 1 unspecified atom stereocenters. The highest BCUT2D eigenvalue weighted by Crippen LogP contribution is 2.13. The molecule has 0 heterocycles. The van der Waals surface area contributed by atoms with Gasteiger partial charge in [-0.05, 0) is 46.6 Å². The molecule has 0 aromatic rings. The van der Waals surface area contributed by atoms with Crippen LogP contribution in [0.2, 0.25) is 0 Å². The van der Waals surface area contributed by atoms with E-state index in [0.29, 0.717) is 19.8 Å². The van der Waals surface area contributed by atoms with Crippen LogP contribution in [0, 0.1) is 0 Å². The molecule has 0 spiro atoms. The number of carbonyl (C=O) groups excluding carboxylic acids is 1. The zero-order valence-corrected chi connectivity index (χ0v) is 12.8. The van der Waals surface area contributed by atoms with Crippen LogP contribution in [0.25, 0.3) is 0 Å². The van der Waals surface area contributed by atoms with Crippen molar-refractivity contribution in [1.29, 1.82) is 0 Å². The lowest BCUT2D eigenvalue weighted by Gasteiger charge is -2.26. The summed E-state index contributed by atoms with van der Waals surface area (Å²) in [5.41, 5.74) is 4.81. The molecule has 0 aliphatic rings. The monoisotopic (exact) mass is 274 g/mol. The first-order valence-electron chi connectivity index (χ1n) is 7.16. The molecule has 5 heteroatoms. The fourth-order valence-electron chi connectivity index (χ4n) is 1.82. The summed E-state index contributed by atoms with van der Waals surface area (Å²) in [6, 6.07) is 0. The molecule has 0 aromatic carbocycles. The second-order valence-electron chi connectivity index (χ2n) is 5.22. The van der Waals surface area contributed by atoms with Gasteiger partial charge in [-0.1, -0.05) is 6.92 Å². The molecule has 5 nitrogen and oxygen atoms in total. The number of hydrogen-bond acceptors (Lipinski definition) is 4. The van der Waals surface area contributed by atoms with E-state index in [2.05, 4.69) is 5.32 Å². The molecule has 3 N–H and O–H groups in total. The van der Waals surface area contributed by atoms with Gasteiger partial charge < -0.3 is 20.5 Å². The molecule has 1 amide bonds. The van der Waals surface area contributed by atoms with Crippen molar-refractivity contribution in [2.24, 2.45) is 5.73 Å². The van der Waals surface area contributed by atoms with E-state index in [9.17, 15) is 4.79 Å². The van der Waals surface area contributed by atoms with Crippen molar-refractivity contribution in [3.63, 3.8) is 0 Å². The quantitative estimate of drug-likeness (QED) is 0.528. The molecule has 0 radical (unpaired) electrons. The maximum absolute atomic E-state index is 11.4. The van der Waals surface area contributed by atoms with E-state index in [-0.39, 0.29) is 12.0 Å². The maximum atomic E-state index is 11.4. The Morgan fingerprint density at radius 3 is 2.47 bits per heavy atom. The van der Waals surface area contributed by atoms with Crippen LogP contribution in [0.3, 0.4) is 0 Å². The van der Waals surface area contributed by atoms with Crippen LogP contribution in [0.15, 0.2) is 0 Å². The van der Waals surface area contributed by atoms with Gasteiger partial charge in [0.05, 0.1) is 24.9 Å². The van der Waals surface area contributed by atoms with E-state index in [1.54, 1.807) is 0 Å². The smallest absolute Gasteiger partial charge is 0.237 e. The van der Waals surface area contributed by atoms with E-state index in [0.717, 1.165) is 25.8 Å². The third-order valence-electron chi connectivity index (χ3n) is 3.01. The number of ether oxygens (including phenoxy) is 2. The number of nitrogens with one attached hydrogen (secondary N) is 1. The lowest BCUT2D eigenvalue weighted by molar-refractivity contribution is -0.124. The molecule has 19 heavy (non-hydrogen) atoms. The highest BCUT2D eigenvalue weighted by molar-refractivity contribution is 5.84. The van der Waals surface area contributed by atoms with Crippen LogP contribution in [0.1, 0.15) is 47.0 Å². The second-order valence-corrected chi connectivity index (χ2v) is 5.22. The Morgan fingerprint density at radius 1 is 1.26 bits per heavy atom. The zero-order valence-electron chi connectivity index (χ0n) is 12.8. The van der Waals surface area contributed by atoms with Crippen LogP contribution in [-0.4, -0.2) is 43.9 Å². The van der Waals surface area contributed by atoms with Crippen LogP contribution in [-0.2, 0) is 14.3 Å². The summed E-state index contributed by atoms with van der Waals surface area (Å²) in [5.74, 6) is -0.291. The molecule has 114 valence electrons. The molecule has 0 bridgehead atoms. The lowest BCUT2D eigenvalue weighted by atomic mass is 9.94. The molecule has 0 aliphatic carbocycles. The number of nitrogens with two attached hydrogens (primary N) is 1. The Hall–Kier alpha value is -0.650. The third kappa shape index (κ3) is 8.97. The SMILES string of the molecule is CCNC(C)(CCCCOCCOC(C)C)C(N)=O. The zero-order chi connectivity index (χ0) is 14.7. The molecule has 0 rings (SSSR count). The summed E-state index contributed by atoms with van der Waals surface area (Å²) < 4.78 is 10.8. The molecule has 0 aromatic heterocycles. The topological polar surface area (TPSA) is 73.6 Å². The fraction of sp³-hybridized carbons (Fsp3) is 0.929. The van der Waals surface area contributed by atoms with E-state index in [1.807, 2.05) is 27.7 Å². The van der Waals surface area contributed by atoms with Gasteiger partial charge in [-0.25, -0.2) is 0 Å². The lowest BCUT2D eigenvalue weighted by Crippen LogP contribution is -2.52. The average molecular weight is 274 g/mol. The highest BCUT2D eigenvalue weighted by Gasteiger charge is 2.28. The number of hydrogen-bond donors (Lipinski definition) is 2. The molecular formula is C14H30N2O3. The fourth-order valence-corrected chi connectivity index (χ4v) is 1.82. The second kappa shape index (κ2) is 10.2. The van der Waals surface area contributed by atoms with Crippen LogP contribution in [0.5, 0.6) is 0 Å². The molecule has 0 fully saturated rings. The van der Waals surface area contributed by atoms with Crippen molar-refractivity contribution in [3.05, 3.63) is 0 Å². The van der Waals surface area contributed by atoms with E-state index < -0.39 is 5.54 Å². The van der Waals surface area contributed by atoms with Crippen molar-refractivity contribution in [1.82, 2.24) is 5.32 Å². The van der Waals surface area contributed by atoms with Gasteiger partial charge in [-0.3, -0.25) is 4.79 Å². The number of likely N-dealkylation sites (N-methyl/N-ethyl adjacent to an activating group) is 1. The Labute approximate surface area is 117 Å². The minimum Gasteiger partial charge on any atom is -0.379 e. The highest BCUT2D eigenvalue weighted by atomic mass is 16.5. The predicted molar refractivity (Wildman–Crippen MR) is 77.0 cm³/mol. The summed E-state index contributed by atoms with van der Waals surface area (Å²) in [6.45, 7) is 10.5. The largest absolute Gasteiger partial charge is 0.379 e. The summed E-state index contributed by atoms with van der Waals surface area (Å²) >= 11 is 0. The summed E-state index contributed by atoms with van der Waals surface area (Å²) in [6.07, 6.45) is 2.83. The van der Waals surface area contributed by atoms with E-state index >= 15 is 0 Å². The van der Waals surface area contributed by atoms with Gasteiger partial charge in [0.1, 0.15) is 0 Å². The van der Waals surface area contributed by atoms with Crippen LogP contribution >= 0.6 is 0 Å². The molecular weight excluding hydrogens is 244 g/mol. The van der Waals surface area contributed by atoms with Crippen molar-refractivity contribution in [2.45, 2.75) is 58.6 Å². The first kappa shape index (κ1) is 18.4. The van der Waals surface area contributed by atoms with Gasteiger partial charge >= 0.3 is 0 Å². The van der Waals surface area contributed by atoms with Gasteiger partial charge in [0.15, 0.2) is 0 Å². The summed E-state index contributed by atoms with van der Waals surface area (Å²) in [4.78, 5) is 11.4. The number of unbranched alkanes of at least 4 members (excludes halogenated alkanes) is 1. The van der Waals surface area contributed by atoms with Crippen LogP contribution < -0.4 is 11.1 Å². The van der Waals surface area contributed by atoms with Crippen LogP contribution in [0.4, 0.5) is 0 Å². The van der Waals surface area contributed by atoms with Crippen molar-refractivity contribution >= 4 is 5.91 Å². The molecule has 1 atom stereocenters. The Morgan fingerprint density at radius 2 is 1.95 bits per heavy atom. The van der Waals surface area contributed by atoms with Gasteiger partial charge in [-0.15, -0.1) is 0 Å². The van der Waals surface area contributed by atoms with Gasteiger partial charge in [-0.2, -0.15) is 0 Å². The predicted octanol–water partition coefficient (Wildman–Crippen LogP) is 1.45. The normalized spacial score (nSPS) is 14.6. The first-order chi connectivity index (χ1) is 8.92. The number of rotatable bonds is 12. The maximum Gasteiger partial charge on any atom is 0.237 e. The van der Waals surface area contributed by atoms with E-state index in [4.69, 9.17) is 15.2 Å². The standard InChI is InChI=1S/C14H30N2O3/c1-5-16-14(4,13(15)17)8-6-7-9-18-10-11-19-12(2)3/h12,16H,5-11H2,1-4H3,(H2,15,17). The van der Waals surface area contributed by atoms with Gasteiger partial charge in [0.25, 0.3) is 0 Å². The number of amides is 1. The third-order valence-corrected chi connectivity index (χ3v) is 3.01. The minimum absolute atomic E-state index is 0.250. The van der Waals surface area contributed by atoms with Gasteiger partial charge in [0.2, 0.25) is 5.91 Å². The molecule has 0 saturated heterocycles. The summed E-state index contributed by atoms with van der Waals surface area (Å²) in [5, 5.41) is 3.15. The number of primary amides is 1. The van der Waals surface area contributed by atoms with Crippen molar-refractivity contribution in [3.8, 4) is 0 Å². The Kier molecular flexibility index (Phi) is 9.83. The van der Waals surface area contributed by atoms with Crippen molar-refractivity contribution < 1.29 is 14.3 Å². The Bertz CT molecular complexity index is 247. The average Bonchev–Trinajstić information content (AvgIpc) is 2.32. The number of carbonyl (C=O) groups is 1. The van der Waals surface area contributed by atoms with Crippen molar-refractivity contribution in [2.75, 3.05) is 26.4 Å². The molecule has 0 saturated carbocycles. The Balaban J connectivity index is 3.59. The summed E-state index contributed by atoms with van der Waals surface area (Å²) in [7, 11) is 0. The van der Waals surface area contributed by atoms with Gasteiger partial charge in [0, 0.05) is 6.61 Å². The first-order valence-corrected chi connectivity index (χ1v) is 7.16. The van der Waals surface area contributed by atoms with E-state index in [1.165, 1.54) is 0 Å².